The SMILES string of the molecule is Cc1ccc(S(=O)(=O)N2CCC(C(=O)Nc3ccc(C)c(NS(C)(=O)=O)c3)CC2)cc1. The van der Waals surface area contributed by atoms with E-state index < -0.39 is 20.0 Å². The van der Waals surface area contributed by atoms with Crippen LogP contribution in [0.15, 0.2) is 47.4 Å². The van der Waals surface area contributed by atoms with Gasteiger partial charge < -0.3 is 5.32 Å². The second kappa shape index (κ2) is 8.97. The fourth-order valence-corrected chi connectivity index (χ4v) is 5.56. The third kappa shape index (κ3) is 5.84. The van der Waals surface area contributed by atoms with Crippen LogP contribution in [0, 0.1) is 19.8 Å². The highest BCUT2D eigenvalue weighted by Gasteiger charge is 2.32. The second-order valence-electron chi connectivity index (χ2n) is 7.88. The van der Waals surface area contributed by atoms with E-state index in [9.17, 15) is 21.6 Å². The lowest BCUT2D eigenvalue weighted by molar-refractivity contribution is -0.120. The van der Waals surface area contributed by atoms with E-state index in [0.29, 0.717) is 24.2 Å². The average Bonchev–Trinajstić information content (AvgIpc) is 2.70. The lowest BCUT2D eigenvalue weighted by atomic mass is 9.97. The average molecular weight is 466 g/mol. The van der Waals surface area contributed by atoms with Crippen molar-refractivity contribution in [3.63, 3.8) is 0 Å². The van der Waals surface area contributed by atoms with Gasteiger partial charge in [-0.05, 0) is 56.5 Å². The first-order valence-electron chi connectivity index (χ1n) is 9.92. The molecule has 3 rings (SSSR count). The Bertz CT molecular complexity index is 1170. The van der Waals surface area contributed by atoms with Crippen molar-refractivity contribution in [3.8, 4) is 0 Å². The molecule has 0 unspecified atom stereocenters. The molecule has 1 saturated heterocycles. The minimum Gasteiger partial charge on any atom is -0.326 e. The molecule has 168 valence electrons. The van der Waals surface area contributed by atoms with Gasteiger partial charge in [-0.3, -0.25) is 9.52 Å². The van der Waals surface area contributed by atoms with Crippen molar-refractivity contribution >= 4 is 37.3 Å². The van der Waals surface area contributed by atoms with Gasteiger partial charge >= 0.3 is 0 Å². The number of aryl methyl sites for hydroxylation is 2. The highest BCUT2D eigenvalue weighted by Crippen LogP contribution is 2.26. The molecule has 1 amide bonds. The predicted molar refractivity (Wildman–Crippen MR) is 121 cm³/mol. The van der Waals surface area contributed by atoms with Crippen LogP contribution in [-0.2, 0) is 24.8 Å². The van der Waals surface area contributed by atoms with Gasteiger partial charge in [-0.25, -0.2) is 16.8 Å². The topological polar surface area (TPSA) is 113 Å². The first-order chi connectivity index (χ1) is 14.5. The van der Waals surface area contributed by atoms with Crippen molar-refractivity contribution in [2.45, 2.75) is 31.6 Å². The third-order valence-corrected chi connectivity index (χ3v) is 7.79. The molecular formula is C21H27N3O5S2. The Morgan fingerprint density at radius 3 is 2.16 bits per heavy atom. The zero-order chi connectivity index (χ0) is 22.8. The van der Waals surface area contributed by atoms with Crippen molar-refractivity contribution in [2.75, 3.05) is 29.4 Å². The number of carbonyl (C=O) groups excluding carboxylic acids is 1. The highest BCUT2D eigenvalue weighted by atomic mass is 32.2. The van der Waals surface area contributed by atoms with Crippen LogP contribution in [0.2, 0.25) is 0 Å². The largest absolute Gasteiger partial charge is 0.326 e. The van der Waals surface area contributed by atoms with E-state index in [1.54, 1.807) is 49.4 Å². The monoisotopic (exact) mass is 465 g/mol. The molecule has 1 aliphatic rings. The standard InChI is InChI=1S/C21H27N3O5S2/c1-15-4-8-19(9-5-15)31(28,29)24-12-10-17(11-13-24)21(25)22-18-7-6-16(2)20(14-18)23-30(3,26)27/h4-9,14,17,23H,10-13H2,1-3H3,(H,22,25). The normalized spacial score (nSPS) is 16.1. The Hall–Kier alpha value is -2.43. The maximum absolute atomic E-state index is 12.8. The van der Waals surface area contributed by atoms with Crippen molar-refractivity contribution in [1.82, 2.24) is 4.31 Å². The molecule has 0 radical (unpaired) electrons. The minimum atomic E-state index is -3.58. The summed E-state index contributed by atoms with van der Waals surface area (Å²) in [5, 5.41) is 2.81. The van der Waals surface area contributed by atoms with Crippen molar-refractivity contribution < 1.29 is 21.6 Å². The van der Waals surface area contributed by atoms with E-state index in [0.717, 1.165) is 17.4 Å². The van der Waals surface area contributed by atoms with Gasteiger partial charge in [0.15, 0.2) is 0 Å². The van der Waals surface area contributed by atoms with Crippen LogP contribution in [0.4, 0.5) is 11.4 Å². The van der Waals surface area contributed by atoms with Gasteiger partial charge in [-0.2, -0.15) is 4.31 Å². The molecule has 31 heavy (non-hydrogen) atoms. The Kier molecular flexibility index (Phi) is 6.73. The van der Waals surface area contributed by atoms with E-state index in [-0.39, 0.29) is 29.8 Å². The lowest BCUT2D eigenvalue weighted by Crippen LogP contribution is -2.41. The van der Waals surface area contributed by atoms with Gasteiger partial charge in [0.05, 0.1) is 16.8 Å². The van der Waals surface area contributed by atoms with E-state index in [4.69, 9.17) is 0 Å². The van der Waals surface area contributed by atoms with Crippen molar-refractivity contribution in [3.05, 3.63) is 53.6 Å². The van der Waals surface area contributed by atoms with Gasteiger partial charge in [0, 0.05) is 24.7 Å². The van der Waals surface area contributed by atoms with E-state index in [2.05, 4.69) is 10.0 Å². The molecule has 0 aliphatic carbocycles. The Labute approximate surface area is 183 Å². The molecule has 0 saturated carbocycles. The minimum absolute atomic E-state index is 0.207. The summed E-state index contributed by atoms with van der Waals surface area (Å²) in [5.41, 5.74) is 2.61. The number of rotatable bonds is 6. The highest BCUT2D eigenvalue weighted by molar-refractivity contribution is 7.92. The molecule has 1 heterocycles. The molecule has 0 atom stereocenters. The molecule has 0 spiro atoms. The van der Waals surface area contributed by atoms with Crippen LogP contribution in [0.3, 0.4) is 0 Å². The summed E-state index contributed by atoms with van der Waals surface area (Å²) in [7, 11) is -7.01. The van der Waals surface area contributed by atoms with Gasteiger partial charge in [0.2, 0.25) is 26.0 Å². The molecule has 1 aliphatic heterocycles. The maximum Gasteiger partial charge on any atom is 0.243 e. The number of hydrogen-bond donors (Lipinski definition) is 2. The first-order valence-corrected chi connectivity index (χ1v) is 13.2. The molecular weight excluding hydrogens is 438 g/mol. The van der Waals surface area contributed by atoms with Crippen LogP contribution >= 0.6 is 0 Å². The molecule has 10 heteroatoms. The molecule has 2 aromatic carbocycles. The fourth-order valence-electron chi connectivity index (χ4n) is 3.47. The lowest BCUT2D eigenvalue weighted by Gasteiger charge is -2.30. The Morgan fingerprint density at radius 1 is 0.968 bits per heavy atom. The van der Waals surface area contributed by atoms with Gasteiger partial charge in [-0.1, -0.05) is 23.8 Å². The van der Waals surface area contributed by atoms with Gasteiger partial charge in [0.25, 0.3) is 0 Å². The molecule has 0 bridgehead atoms. The van der Waals surface area contributed by atoms with Crippen LogP contribution in [0.5, 0.6) is 0 Å². The number of sulfonamides is 2. The van der Waals surface area contributed by atoms with E-state index in [1.807, 2.05) is 6.92 Å². The van der Waals surface area contributed by atoms with Gasteiger partial charge in [-0.15, -0.1) is 0 Å². The van der Waals surface area contributed by atoms with E-state index in [1.165, 1.54) is 4.31 Å². The fraction of sp³-hybridized carbons (Fsp3) is 0.381. The van der Waals surface area contributed by atoms with Crippen LogP contribution < -0.4 is 10.0 Å². The summed E-state index contributed by atoms with van der Waals surface area (Å²) in [5.74, 6) is -0.529. The second-order valence-corrected chi connectivity index (χ2v) is 11.6. The summed E-state index contributed by atoms with van der Waals surface area (Å²) in [6, 6.07) is 11.7. The molecule has 8 nitrogen and oxygen atoms in total. The predicted octanol–water partition coefficient (Wildman–Crippen LogP) is 2.71. The Morgan fingerprint density at radius 2 is 1.58 bits per heavy atom. The quantitative estimate of drug-likeness (QED) is 0.681. The van der Waals surface area contributed by atoms with Crippen LogP contribution in [0.25, 0.3) is 0 Å². The summed E-state index contributed by atoms with van der Waals surface area (Å²) in [6.07, 6.45) is 1.89. The summed E-state index contributed by atoms with van der Waals surface area (Å²) >= 11 is 0. The first kappa shape index (κ1) is 23.2. The number of piperidine rings is 1. The zero-order valence-electron chi connectivity index (χ0n) is 17.8. The number of hydrogen-bond acceptors (Lipinski definition) is 5. The van der Waals surface area contributed by atoms with Crippen molar-refractivity contribution in [1.29, 1.82) is 0 Å². The summed E-state index contributed by atoms with van der Waals surface area (Å²) < 4.78 is 52.5. The van der Waals surface area contributed by atoms with E-state index >= 15 is 0 Å². The summed E-state index contributed by atoms with van der Waals surface area (Å²) in [6.45, 7) is 4.20. The molecule has 2 aromatic rings. The number of amides is 1. The van der Waals surface area contributed by atoms with Crippen LogP contribution in [-0.4, -0.2) is 46.4 Å². The van der Waals surface area contributed by atoms with Crippen LogP contribution in [0.1, 0.15) is 24.0 Å². The summed E-state index contributed by atoms with van der Waals surface area (Å²) in [4.78, 5) is 13.0. The number of nitrogens with one attached hydrogen (secondary N) is 2. The number of benzene rings is 2. The zero-order valence-corrected chi connectivity index (χ0v) is 19.4. The van der Waals surface area contributed by atoms with Crippen molar-refractivity contribution in [2.24, 2.45) is 5.92 Å². The smallest absolute Gasteiger partial charge is 0.243 e. The number of anilines is 2. The number of nitrogens with zero attached hydrogens (tertiary/aromatic N) is 1. The number of carbonyl (C=O) groups is 1. The molecule has 2 N–H and O–H groups in total. The molecule has 0 aromatic heterocycles. The Balaban J connectivity index is 1.63. The molecule has 1 fully saturated rings. The third-order valence-electron chi connectivity index (χ3n) is 5.28. The van der Waals surface area contributed by atoms with Gasteiger partial charge in [0.1, 0.15) is 0 Å². The maximum atomic E-state index is 12.8.